The molecule has 4 rings (SSSR count). The third kappa shape index (κ3) is 5.28. The van der Waals surface area contributed by atoms with Crippen LogP contribution in [0.25, 0.3) is 0 Å². The van der Waals surface area contributed by atoms with Gasteiger partial charge in [-0.1, -0.05) is 12.1 Å². The summed E-state index contributed by atoms with van der Waals surface area (Å²) < 4.78 is 53.6. The maximum atomic E-state index is 15.0. The fraction of sp³-hybridized carbons (Fsp3) is 0.500. The quantitative estimate of drug-likeness (QED) is 0.488. The van der Waals surface area contributed by atoms with E-state index in [0.29, 0.717) is 24.4 Å². The fourth-order valence-corrected chi connectivity index (χ4v) is 4.26. The van der Waals surface area contributed by atoms with Gasteiger partial charge in [0.05, 0.1) is 11.6 Å². The standard InChI is InChI=1S/C22H25F4N5O/c23-18-20(28-10-13-7-12(8-13)9-17(27)32)29-11-30-21(18)31-19(14-1-2-14)15-3-5-16(6-4-15)22(24,25)26/h3-6,11-14,19H,1-2,7-10H2,(H2,27,32)(H2,28,29,30,31). The van der Waals surface area contributed by atoms with Gasteiger partial charge < -0.3 is 16.4 Å². The molecule has 10 heteroatoms. The van der Waals surface area contributed by atoms with Crippen LogP contribution in [0.4, 0.5) is 29.2 Å². The van der Waals surface area contributed by atoms with Gasteiger partial charge in [-0.2, -0.15) is 17.6 Å². The van der Waals surface area contributed by atoms with Gasteiger partial charge in [0.25, 0.3) is 0 Å². The molecular formula is C22H25F4N5O. The van der Waals surface area contributed by atoms with Gasteiger partial charge in [0.2, 0.25) is 11.7 Å². The van der Waals surface area contributed by atoms with Crippen LogP contribution < -0.4 is 16.4 Å². The molecule has 0 spiro atoms. The first-order valence-corrected chi connectivity index (χ1v) is 10.7. The van der Waals surface area contributed by atoms with Crippen molar-refractivity contribution in [3.63, 3.8) is 0 Å². The summed E-state index contributed by atoms with van der Waals surface area (Å²) in [6.45, 7) is 0.521. The number of amides is 1. The summed E-state index contributed by atoms with van der Waals surface area (Å²) in [5, 5.41) is 6.07. The van der Waals surface area contributed by atoms with Gasteiger partial charge in [-0.05, 0) is 61.1 Å². The fourth-order valence-electron chi connectivity index (χ4n) is 4.26. The Kier molecular flexibility index (Phi) is 6.21. The highest BCUT2D eigenvalue weighted by Crippen LogP contribution is 2.44. The zero-order valence-corrected chi connectivity index (χ0v) is 17.3. The SMILES string of the molecule is NC(=O)CC1CC(CNc2ncnc(NC(c3ccc(C(F)(F)F)cc3)C3CC3)c2F)C1. The van der Waals surface area contributed by atoms with Gasteiger partial charge in [0.1, 0.15) is 6.33 Å². The number of halogens is 4. The largest absolute Gasteiger partial charge is 0.416 e. The molecule has 0 bridgehead atoms. The number of benzene rings is 1. The van der Waals surface area contributed by atoms with E-state index in [1.165, 1.54) is 18.5 Å². The lowest BCUT2D eigenvalue weighted by Gasteiger charge is -2.34. The summed E-state index contributed by atoms with van der Waals surface area (Å²) in [6, 6.07) is 4.60. The second kappa shape index (κ2) is 8.91. The molecule has 1 heterocycles. The Hall–Kier alpha value is -2.91. The van der Waals surface area contributed by atoms with Crippen molar-refractivity contribution in [2.24, 2.45) is 23.5 Å². The van der Waals surface area contributed by atoms with Gasteiger partial charge in [-0.15, -0.1) is 0 Å². The van der Waals surface area contributed by atoms with E-state index in [2.05, 4.69) is 20.6 Å². The van der Waals surface area contributed by atoms with E-state index in [1.807, 2.05) is 0 Å². The first-order chi connectivity index (χ1) is 15.2. The summed E-state index contributed by atoms with van der Waals surface area (Å²) in [5.74, 6) is -0.0430. The minimum Gasteiger partial charge on any atom is -0.370 e. The van der Waals surface area contributed by atoms with Gasteiger partial charge in [-0.3, -0.25) is 4.79 Å². The zero-order chi connectivity index (χ0) is 22.9. The van der Waals surface area contributed by atoms with Gasteiger partial charge in [0.15, 0.2) is 11.6 Å². The number of rotatable bonds is 9. The average Bonchev–Trinajstić information content (AvgIpc) is 3.54. The Morgan fingerprint density at radius 3 is 2.34 bits per heavy atom. The first kappa shape index (κ1) is 22.3. The molecule has 32 heavy (non-hydrogen) atoms. The first-order valence-electron chi connectivity index (χ1n) is 10.7. The second-order valence-electron chi connectivity index (χ2n) is 8.72. The monoisotopic (exact) mass is 451 g/mol. The molecular weight excluding hydrogens is 426 g/mol. The lowest BCUT2D eigenvalue weighted by Crippen LogP contribution is -2.32. The van der Waals surface area contributed by atoms with Crippen molar-refractivity contribution in [2.75, 3.05) is 17.2 Å². The summed E-state index contributed by atoms with van der Waals surface area (Å²) in [4.78, 5) is 18.9. The van der Waals surface area contributed by atoms with Crippen molar-refractivity contribution >= 4 is 17.5 Å². The molecule has 0 saturated heterocycles. The highest BCUT2D eigenvalue weighted by Gasteiger charge is 2.35. The predicted molar refractivity (Wildman–Crippen MR) is 111 cm³/mol. The van der Waals surface area contributed by atoms with Crippen molar-refractivity contribution in [2.45, 2.75) is 44.3 Å². The van der Waals surface area contributed by atoms with E-state index in [9.17, 15) is 18.0 Å². The van der Waals surface area contributed by atoms with Crippen molar-refractivity contribution < 1.29 is 22.4 Å². The maximum absolute atomic E-state index is 15.0. The van der Waals surface area contributed by atoms with E-state index in [0.717, 1.165) is 37.8 Å². The molecule has 0 radical (unpaired) electrons. The van der Waals surface area contributed by atoms with E-state index in [4.69, 9.17) is 5.73 Å². The molecule has 1 amide bonds. The molecule has 2 aliphatic rings. The van der Waals surface area contributed by atoms with Gasteiger partial charge in [0, 0.05) is 13.0 Å². The Morgan fingerprint density at radius 1 is 1.09 bits per heavy atom. The topological polar surface area (TPSA) is 92.9 Å². The molecule has 2 aromatic rings. The minimum absolute atomic E-state index is 0.0134. The molecule has 1 atom stereocenters. The number of carbonyl (C=O) groups is 1. The number of carbonyl (C=O) groups excluding carboxylic acids is 1. The summed E-state index contributed by atoms with van der Waals surface area (Å²) >= 11 is 0. The predicted octanol–water partition coefficient (Wildman–Crippen LogP) is 4.51. The number of nitrogens with zero attached hydrogens (tertiary/aromatic N) is 2. The number of alkyl halides is 3. The smallest absolute Gasteiger partial charge is 0.370 e. The van der Waals surface area contributed by atoms with E-state index in [-0.39, 0.29) is 35.4 Å². The Balaban J connectivity index is 1.40. The summed E-state index contributed by atoms with van der Waals surface area (Å²) in [7, 11) is 0. The molecule has 2 saturated carbocycles. The van der Waals surface area contributed by atoms with Crippen molar-refractivity contribution in [1.82, 2.24) is 9.97 Å². The molecule has 2 fully saturated rings. The second-order valence-corrected chi connectivity index (χ2v) is 8.72. The van der Waals surface area contributed by atoms with Crippen LogP contribution in [0, 0.1) is 23.6 Å². The van der Waals surface area contributed by atoms with Crippen molar-refractivity contribution in [3.05, 3.63) is 47.5 Å². The normalized spacial score (nSPS) is 21.5. The van der Waals surface area contributed by atoms with Crippen molar-refractivity contribution in [1.29, 1.82) is 0 Å². The molecule has 1 unspecified atom stereocenters. The Bertz CT molecular complexity index is 956. The molecule has 0 aliphatic heterocycles. The molecule has 6 nitrogen and oxygen atoms in total. The molecule has 172 valence electrons. The van der Waals surface area contributed by atoms with Crippen LogP contribution in [-0.2, 0) is 11.0 Å². The average molecular weight is 451 g/mol. The summed E-state index contributed by atoms with van der Waals surface area (Å²) in [6.07, 6.45) is 0.743. The van der Waals surface area contributed by atoms with Crippen LogP contribution in [0.15, 0.2) is 30.6 Å². The van der Waals surface area contributed by atoms with Crippen LogP contribution in [0.5, 0.6) is 0 Å². The van der Waals surface area contributed by atoms with Crippen LogP contribution >= 0.6 is 0 Å². The molecule has 1 aromatic heterocycles. The highest BCUT2D eigenvalue weighted by molar-refractivity contribution is 5.74. The lowest BCUT2D eigenvalue weighted by atomic mass is 9.73. The number of hydrogen-bond acceptors (Lipinski definition) is 5. The minimum atomic E-state index is -4.40. The van der Waals surface area contributed by atoms with Crippen LogP contribution in [0.2, 0.25) is 0 Å². The Labute approximate surface area is 183 Å². The summed E-state index contributed by atoms with van der Waals surface area (Å²) in [5.41, 5.74) is 5.14. The van der Waals surface area contributed by atoms with Gasteiger partial charge in [-0.25, -0.2) is 9.97 Å². The maximum Gasteiger partial charge on any atom is 0.416 e. The number of primary amides is 1. The highest BCUT2D eigenvalue weighted by atomic mass is 19.4. The van der Waals surface area contributed by atoms with Crippen LogP contribution in [0.3, 0.4) is 0 Å². The Morgan fingerprint density at radius 2 is 1.75 bits per heavy atom. The number of nitrogens with two attached hydrogens (primary N) is 1. The lowest BCUT2D eigenvalue weighted by molar-refractivity contribution is -0.137. The molecule has 1 aromatic carbocycles. The van der Waals surface area contributed by atoms with Crippen molar-refractivity contribution in [3.8, 4) is 0 Å². The van der Waals surface area contributed by atoms with Gasteiger partial charge >= 0.3 is 6.18 Å². The van der Waals surface area contributed by atoms with E-state index < -0.39 is 17.6 Å². The van der Waals surface area contributed by atoms with E-state index >= 15 is 4.39 Å². The number of anilines is 2. The number of aromatic nitrogens is 2. The molecule has 2 aliphatic carbocycles. The van der Waals surface area contributed by atoms with E-state index in [1.54, 1.807) is 0 Å². The number of nitrogens with one attached hydrogen (secondary N) is 2. The third-order valence-electron chi connectivity index (χ3n) is 6.15. The van der Waals surface area contributed by atoms with Crippen LogP contribution in [0.1, 0.15) is 49.3 Å². The number of hydrogen-bond donors (Lipinski definition) is 3. The zero-order valence-electron chi connectivity index (χ0n) is 17.3. The molecule has 4 N–H and O–H groups in total. The van der Waals surface area contributed by atoms with Crippen LogP contribution in [-0.4, -0.2) is 22.4 Å². The third-order valence-corrected chi connectivity index (χ3v) is 6.15.